The van der Waals surface area contributed by atoms with Crippen molar-refractivity contribution in [1.82, 2.24) is 9.78 Å². The van der Waals surface area contributed by atoms with Gasteiger partial charge in [0.05, 0.1) is 31.5 Å². The number of ether oxygens (including phenoxy) is 1. The van der Waals surface area contributed by atoms with Crippen LogP contribution in [0, 0.1) is 5.92 Å². The van der Waals surface area contributed by atoms with Crippen LogP contribution in [0.25, 0.3) is 0 Å². The van der Waals surface area contributed by atoms with E-state index < -0.39 is 5.92 Å². The van der Waals surface area contributed by atoms with Crippen molar-refractivity contribution < 1.29 is 14.3 Å². The van der Waals surface area contributed by atoms with Gasteiger partial charge in [0.25, 0.3) is 0 Å². The first-order chi connectivity index (χ1) is 14.6. The van der Waals surface area contributed by atoms with Crippen molar-refractivity contribution >= 4 is 39.2 Å². The van der Waals surface area contributed by atoms with Crippen molar-refractivity contribution in [2.45, 2.75) is 13.0 Å². The van der Waals surface area contributed by atoms with Crippen LogP contribution in [0.4, 0.5) is 11.5 Å². The molecule has 1 unspecified atom stereocenters. The molecule has 1 N–H and O–H groups in total. The molecule has 0 spiro atoms. The predicted molar refractivity (Wildman–Crippen MR) is 118 cm³/mol. The Bertz CT molecular complexity index is 1080. The van der Waals surface area contributed by atoms with E-state index in [1.807, 2.05) is 42.5 Å². The Labute approximate surface area is 182 Å². The van der Waals surface area contributed by atoms with Crippen molar-refractivity contribution in [2.24, 2.45) is 5.92 Å². The number of methoxy groups -OCH3 is 1. The summed E-state index contributed by atoms with van der Waals surface area (Å²) in [6, 6.07) is 16.9. The first kappa shape index (κ1) is 20.2. The van der Waals surface area contributed by atoms with Gasteiger partial charge in [0.15, 0.2) is 0 Å². The van der Waals surface area contributed by atoms with Gasteiger partial charge in [-0.05, 0) is 23.8 Å². The molecule has 3 aromatic rings. The molecule has 2 aromatic carbocycles. The molecule has 0 radical (unpaired) electrons. The summed E-state index contributed by atoms with van der Waals surface area (Å²) >= 11 is 3.54. The zero-order chi connectivity index (χ0) is 21.1. The number of rotatable bonds is 6. The van der Waals surface area contributed by atoms with Crippen molar-refractivity contribution in [3.63, 3.8) is 0 Å². The minimum atomic E-state index is -0.450. The molecule has 1 saturated heterocycles. The smallest absolute Gasteiger partial charge is 0.230 e. The summed E-state index contributed by atoms with van der Waals surface area (Å²) < 4.78 is 8.07. The molecule has 0 bridgehead atoms. The quantitative estimate of drug-likeness (QED) is 0.598. The second-order valence-corrected chi connectivity index (χ2v) is 7.89. The summed E-state index contributed by atoms with van der Waals surface area (Å²) in [6.07, 6.45) is 1.80. The van der Waals surface area contributed by atoms with Gasteiger partial charge in [-0.3, -0.25) is 9.59 Å². The van der Waals surface area contributed by atoms with Gasteiger partial charge < -0.3 is 15.0 Å². The highest BCUT2D eigenvalue weighted by Crippen LogP contribution is 2.33. The van der Waals surface area contributed by atoms with Crippen LogP contribution >= 0.6 is 15.9 Å². The molecule has 1 aliphatic heterocycles. The number of carbonyl (C=O) groups excluding carboxylic acids is 2. The molecule has 7 nitrogen and oxygen atoms in total. The number of para-hydroxylation sites is 2. The molecule has 0 saturated carbocycles. The lowest BCUT2D eigenvalue weighted by molar-refractivity contribution is -0.122. The minimum absolute atomic E-state index is 0.0960. The van der Waals surface area contributed by atoms with E-state index in [4.69, 9.17) is 4.74 Å². The van der Waals surface area contributed by atoms with E-state index in [1.165, 1.54) is 0 Å². The lowest BCUT2D eigenvalue weighted by atomic mass is 10.1. The second kappa shape index (κ2) is 8.71. The van der Waals surface area contributed by atoms with E-state index in [9.17, 15) is 9.59 Å². The van der Waals surface area contributed by atoms with Crippen molar-refractivity contribution in [2.75, 3.05) is 23.9 Å². The van der Waals surface area contributed by atoms with Gasteiger partial charge in [0.2, 0.25) is 11.8 Å². The fourth-order valence-corrected chi connectivity index (χ4v) is 3.96. The monoisotopic (exact) mass is 468 g/mol. The third kappa shape index (κ3) is 4.09. The molecule has 0 aliphatic carbocycles. The van der Waals surface area contributed by atoms with Gasteiger partial charge >= 0.3 is 0 Å². The third-order valence-electron chi connectivity index (χ3n) is 5.12. The molecule has 8 heteroatoms. The van der Waals surface area contributed by atoms with Gasteiger partial charge in [-0.2, -0.15) is 5.10 Å². The van der Waals surface area contributed by atoms with E-state index in [0.29, 0.717) is 30.3 Å². The van der Waals surface area contributed by atoms with Crippen LogP contribution in [0.5, 0.6) is 5.75 Å². The van der Waals surface area contributed by atoms with Gasteiger partial charge in [-0.25, -0.2) is 4.68 Å². The summed E-state index contributed by atoms with van der Waals surface area (Å²) in [6.45, 7) is 0.824. The molecule has 1 fully saturated rings. The molecule has 2 amide bonds. The lowest BCUT2D eigenvalue weighted by Gasteiger charge is -2.19. The van der Waals surface area contributed by atoms with E-state index in [1.54, 1.807) is 35.0 Å². The Kier molecular flexibility index (Phi) is 5.85. The fourth-order valence-electron chi connectivity index (χ4n) is 3.55. The van der Waals surface area contributed by atoms with Crippen LogP contribution in [0.1, 0.15) is 12.0 Å². The molecular weight excluding hydrogens is 448 g/mol. The maximum atomic E-state index is 12.9. The standard InChI is InChI=1S/C22H21BrN4O3/c1-30-19-9-5-4-8-18(19)26-13-16(12-21(26)28)22(29)25-20-10-11-24-27(20)14-15-6-2-3-7-17(15)23/h2-11,16H,12-14H2,1H3,(H,25,29). The number of halogens is 1. The van der Waals surface area contributed by atoms with Crippen LogP contribution in [0.15, 0.2) is 65.3 Å². The second-order valence-electron chi connectivity index (χ2n) is 7.03. The summed E-state index contributed by atoms with van der Waals surface area (Å²) in [7, 11) is 1.57. The van der Waals surface area contributed by atoms with Gasteiger partial charge in [-0.1, -0.05) is 46.3 Å². The van der Waals surface area contributed by atoms with Crippen LogP contribution in [0.3, 0.4) is 0 Å². The molecule has 4 rings (SSSR count). The Morgan fingerprint density at radius 2 is 1.97 bits per heavy atom. The summed E-state index contributed by atoms with van der Waals surface area (Å²) in [4.78, 5) is 27.1. The molecule has 2 heterocycles. The number of benzene rings is 2. The highest BCUT2D eigenvalue weighted by Gasteiger charge is 2.36. The molecular formula is C22H21BrN4O3. The maximum absolute atomic E-state index is 12.9. The average Bonchev–Trinajstić information content (AvgIpc) is 3.36. The number of aromatic nitrogens is 2. The van der Waals surface area contributed by atoms with Crippen molar-refractivity contribution in [3.8, 4) is 5.75 Å². The van der Waals surface area contributed by atoms with E-state index >= 15 is 0 Å². The lowest BCUT2D eigenvalue weighted by Crippen LogP contribution is -2.29. The third-order valence-corrected chi connectivity index (χ3v) is 5.89. The minimum Gasteiger partial charge on any atom is -0.495 e. The number of nitrogens with zero attached hydrogens (tertiary/aromatic N) is 3. The van der Waals surface area contributed by atoms with E-state index in [2.05, 4.69) is 26.3 Å². The van der Waals surface area contributed by atoms with Gasteiger partial charge in [-0.15, -0.1) is 0 Å². The topological polar surface area (TPSA) is 76.5 Å². The van der Waals surface area contributed by atoms with Crippen LogP contribution in [-0.2, 0) is 16.1 Å². The number of anilines is 2. The Morgan fingerprint density at radius 3 is 2.77 bits per heavy atom. The molecule has 30 heavy (non-hydrogen) atoms. The molecule has 1 aliphatic rings. The maximum Gasteiger partial charge on any atom is 0.230 e. The van der Waals surface area contributed by atoms with Gasteiger partial charge in [0.1, 0.15) is 11.6 Å². The van der Waals surface area contributed by atoms with Crippen molar-refractivity contribution in [3.05, 3.63) is 70.8 Å². The number of amides is 2. The number of nitrogens with one attached hydrogen (secondary N) is 1. The van der Waals surface area contributed by atoms with Crippen LogP contribution < -0.4 is 15.0 Å². The zero-order valence-electron chi connectivity index (χ0n) is 16.4. The molecule has 154 valence electrons. The highest BCUT2D eigenvalue weighted by atomic mass is 79.9. The van der Waals surface area contributed by atoms with E-state index in [-0.39, 0.29) is 18.2 Å². The zero-order valence-corrected chi connectivity index (χ0v) is 18.0. The average molecular weight is 469 g/mol. The Balaban J connectivity index is 1.46. The van der Waals surface area contributed by atoms with E-state index in [0.717, 1.165) is 10.0 Å². The fraction of sp³-hybridized carbons (Fsp3) is 0.227. The van der Waals surface area contributed by atoms with Crippen LogP contribution in [0.2, 0.25) is 0 Å². The normalized spacial score (nSPS) is 16.0. The SMILES string of the molecule is COc1ccccc1N1CC(C(=O)Nc2ccnn2Cc2ccccc2Br)CC1=O. The highest BCUT2D eigenvalue weighted by molar-refractivity contribution is 9.10. The molecule has 1 atom stereocenters. The predicted octanol–water partition coefficient (Wildman–Crippen LogP) is 3.69. The molecule has 1 aromatic heterocycles. The van der Waals surface area contributed by atoms with Crippen LogP contribution in [-0.4, -0.2) is 35.2 Å². The van der Waals surface area contributed by atoms with Gasteiger partial charge in [0, 0.05) is 23.5 Å². The number of hydrogen-bond acceptors (Lipinski definition) is 4. The number of carbonyl (C=O) groups is 2. The summed E-state index contributed by atoms with van der Waals surface area (Å²) in [5, 5.41) is 7.25. The number of hydrogen-bond donors (Lipinski definition) is 1. The largest absolute Gasteiger partial charge is 0.495 e. The summed E-state index contributed by atoms with van der Waals surface area (Å²) in [5.74, 6) is 0.461. The first-order valence-electron chi connectivity index (χ1n) is 9.56. The first-order valence-corrected chi connectivity index (χ1v) is 10.4. The Morgan fingerprint density at radius 1 is 1.20 bits per heavy atom. The Hall–Kier alpha value is -3.13. The summed E-state index contributed by atoms with van der Waals surface area (Å²) in [5.41, 5.74) is 1.73. The van der Waals surface area contributed by atoms with Crippen molar-refractivity contribution in [1.29, 1.82) is 0 Å².